The lowest BCUT2D eigenvalue weighted by molar-refractivity contribution is -0.117. The van der Waals surface area contributed by atoms with Gasteiger partial charge in [0.05, 0.1) is 32.1 Å². The van der Waals surface area contributed by atoms with Crippen molar-refractivity contribution in [1.82, 2.24) is 9.69 Å². The number of benzene rings is 1. The third-order valence-corrected chi connectivity index (χ3v) is 7.25. The number of amides is 2. The van der Waals surface area contributed by atoms with E-state index in [2.05, 4.69) is 16.6 Å². The van der Waals surface area contributed by atoms with E-state index in [-0.39, 0.29) is 40.5 Å². The summed E-state index contributed by atoms with van der Waals surface area (Å²) in [5.41, 5.74) is 6.75. The minimum atomic E-state index is -0.506. The second-order valence-corrected chi connectivity index (χ2v) is 9.78. The molecule has 1 fully saturated rings. The highest BCUT2D eigenvalue weighted by molar-refractivity contribution is 7.09. The summed E-state index contributed by atoms with van der Waals surface area (Å²) in [6.07, 6.45) is 8.22. The Morgan fingerprint density at radius 2 is 1.89 bits per heavy atom. The topological polar surface area (TPSA) is 124 Å². The van der Waals surface area contributed by atoms with Crippen molar-refractivity contribution in [1.29, 1.82) is 0 Å². The molecule has 0 radical (unpaired) electrons. The van der Waals surface area contributed by atoms with Crippen LogP contribution in [-0.4, -0.2) is 48.8 Å². The van der Waals surface area contributed by atoms with E-state index in [1.165, 1.54) is 25.5 Å². The molecule has 1 aliphatic rings. The fraction of sp³-hybridized carbons (Fsp3) is 0.538. The smallest absolute Gasteiger partial charge is 0.273 e. The molecule has 3 rings (SSSR count). The lowest BCUT2D eigenvalue weighted by Gasteiger charge is -2.24. The number of carbonyl (C=O) groups is 3. The Hall–Kier alpha value is -3.14. The van der Waals surface area contributed by atoms with Crippen LogP contribution < -0.4 is 25.4 Å². The Bertz CT molecular complexity index is 1060. The fourth-order valence-electron chi connectivity index (χ4n) is 4.34. The Balaban J connectivity index is 1.88. The highest BCUT2D eigenvalue weighted by Crippen LogP contribution is 2.35. The predicted octanol–water partition coefficient (Wildman–Crippen LogP) is 4.60. The maximum absolute atomic E-state index is 13.7. The molecule has 10 heteroatoms. The number of ketones is 1. The second-order valence-electron chi connectivity index (χ2n) is 9.01. The van der Waals surface area contributed by atoms with Crippen LogP contribution >= 0.6 is 11.5 Å². The number of methoxy groups -OCH3 is 2. The molecule has 0 spiro atoms. The van der Waals surface area contributed by atoms with Crippen LogP contribution in [0.4, 0.5) is 11.4 Å². The molecule has 36 heavy (non-hydrogen) atoms. The van der Waals surface area contributed by atoms with Crippen LogP contribution in [0.5, 0.6) is 11.5 Å². The zero-order chi connectivity index (χ0) is 26.1. The predicted molar refractivity (Wildman–Crippen MR) is 141 cm³/mol. The molecule has 1 aromatic carbocycles. The Labute approximate surface area is 216 Å². The van der Waals surface area contributed by atoms with E-state index in [4.69, 9.17) is 15.2 Å². The Kier molecular flexibility index (Phi) is 10.1. The standard InChI is InChI=1S/C26H36N4O5S/c1-4-5-7-12-18(31)16-30(20-14-13-19(34-2)15-21(20)35-3)26(33)24-22(27)23(29-36-24)25(32)28-17-10-8-6-9-11-17/h13-15,17H,4-12,16,27H2,1-3H3,(H,28,32). The van der Waals surface area contributed by atoms with Crippen LogP contribution in [0.1, 0.15) is 84.9 Å². The SMILES string of the molecule is CCCCCC(=O)CN(C(=O)c1snc(C(=O)NC2CCCCC2)c1N)c1ccc(OC)cc1OC. The minimum absolute atomic E-state index is 0.0224. The van der Waals surface area contributed by atoms with E-state index in [0.717, 1.165) is 56.5 Å². The molecule has 2 amide bonds. The van der Waals surface area contributed by atoms with E-state index in [9.17, 15) is 14.4 Å². The summed E-state index contributed by atoms with van der Waals surface area (Å²) in [5.74, 6) is -0.0281. The van der Waals surface area contributed by atoms with Crippen molar-refractivity contribution in [2.45, 2.75) is 70.8 Å². The monoisotopic (exact) mass is 516 g/mol. The molecule has 0 aliphatic heterocycles. The van der Waals surface area contributed by atoms with Crippen molar-refractivity contribution < 1.29 is 23.9 Å². The van der Waals surface area contributed by atoms with Crippen LogP contribution in [-0.2, 0) is 4.79 Å². The van der Waals surface area contributed by atoms with Gasteiger partial charge in [0.15, 0.2) is 11.5 Å². The number of aromatic nitrogens is 1. The maximum atomic E-state index is 13.7. The molecule has 2 aromatic rings. The zero-order valence-electron chi connectivity index (χ0n) is 21.3. The molecule has 0 atom stereocenters. The number of anilines is 2. The third-order valence-electron chi connectivity index (χ3n) is 6.39. The van der Waals surface area contributed by atoms with Gasteiger partial charge in [-0.1, -0.05) is 39.0 Å². The lowest BCUT2D eigenvalue weighted by Crippen LogP contribution is -2.37. The van der Waals surface area contributed by atoms with Crippen molar-refractivity contribution in [3.63, 3.8) is 0 Å². The van der Waals surface area contributed by atoms with Crippen LogP contribution in [0, 0.1) is 0 Å². The molecule has 3 N–H and O–H groups in total. The van der Waals surface area contributed by atoms with Crippen LogP contribution in [0.3, 0.4) is 0 Å². The highest BCUT2D eigenvalue weighted by atomic mass is 32.1. The summed E-state index contributed by atoms with van der Waals surface area (Å²) in [5, 5.41) is 2.99. The zero-order valence-corrected chi connectivity index (χ0v) is 22.1. The summed E-state index contributed by atoms with van der Waals surface area (Å²) in [6.45, 7) is 1.92. The first kappa shape index (κ1) is 27.4. The molecule has 9 nitrogen and oxygen atoms in total. The van der Waals surface area contributed by atoms with E-state index >= 15 is 0 Å². The quantitative estimate of drug-likeness (QED) is 0.395. The molecule has 0 saturated heterocycles. The number of nitrogens with one attached hydrogen (secondary N) is 1. The number of carbonyl (C=O) groups excluding carboxylic acids is 3. The first-order valence-corrected chi connectivity index (χ1v) is 13.3. The van der Waals surface area contributed by atoms with Gasteiger partial charge in [0.1, 0.15) is 16.4 Å². The van der Waals surface area contributed by atoms with Gasteiger partial charge in [-0.15, -0.1) is 0 Å². The van der Waals surface area contributed by atoms with Crippen LogP contribution in [0.25, 0.3) is 0 Å². The van der Waals surface area contributed by atoms with Crippen molar-refractivity contribution >= 4 is 40.5 Å². The molecule has 0 bridgehead atoms. The first-order chi connectivity index (χ1) is 17.4. The molecule has 1 aliphatic carbocycles. The van der Waals surface area contributed by atoms with Gasteiger partial charge in [0.25, 0.3) is 11.8 Å². The summed E-state index contributed by atoms with van der Waals surface area (Å²) >= 11 is 0.863. The molecule has 1 saturated carbocycles. The first-order valence-electron chi connectivity index (χ1n) is 12.5. The number of Topliss-reactive ketones (excluding diaryl/α,β-unsaturated/α-hetero) is 1. The minimum Gasteiger partial charge on any atom is -0.497 e. The molecule has 1 heterocycles. The number of rotatable bonds is 12. The Morgan fingerprint density at radius 3 is 2.56 bits per heavy atom. The normalized spacial score (nSPS) is 13.8. The van der Waals surface area contributed by atoms with Crippen molar-refractivity contribution in [2.75, 3.05) is 31.4 Å². The van der Waals surface area contributed by atoms with Gasteiger partial charge < -0.3 is 20.5 Å². The molecular weight excluding hydrogens is 480 g/mol. The number of nitrogen functional groups attached to an aromatic ring is 1. The van der Waals surface area contributed by atoms with E-state index in [0.29, 0.717) is 23.6 Å². The van der Waals surface area contributed by atoms with Gasteiger partial charge in [-0.25, -0.2) is 0 Å². The summed E-state index contributed by atoms with van der Waals surface area (Å²) in [6, 6.07) is 5.10. The fourth-order valence-corrected chi connectivity index (χ4v) is 5.09. The molecule has 196 valence electrons. The number of unbranched alkanes of at least 4 members (excludes halogenated alkanes) is 2. The second kappa shape index (κ2) is 13.2. The summed E-state index contributed by atoms with van der Waals surface area (Å²) in [7, 11) is 3.02. The van der Waals surface area contributed by atoms with E-state index in [1.807, 2.05) is 0 Å². The van der Waals surface area contributed by atoms with Crippen LogP contribution in [0.2, 0.25) is 0 Å². The van der Waals surface area contributed by atoms with Gasteiger partial charge in [0.2, 0.25) is 0 Å². The van der Waals surface area contributed by atoms with Gasteiger partial charge >= 0.3 is 0 Å². The van der Waals surface area contributed by atoms with Crippen molar-refractivity contribution in [3.05, 3.63) is 28.8 Å². The van der Waals surface area contributed by atoms with Gasteiger partial charge in [-0.05, 0) is 42.9 Å². The lowest BCUT2D eigenvalue weighted by atomic mass is 9.95. The summed E-state index contributed by atoms with van der Waals surface area (Å²) < 4.78 is 15.0. The number of nitrogens with two attached hydrogens (primary N) is 1. The van der Waals surface area contributed by atoms with Gasteiger partial charge in [0, 0.05) is 18.5 Å². The molecule has 0 unspecified atom stereocenters. The third kappa shape index (κ3) is 6.75. The van der Waals surface area contributed by atoms with Crippen molar-refractivity contribution in [3.8, 4) is 11.5 Å². The van der Waals surface area contributed by atoms with Gasteiger partial charge in [-0.2, -0.15) is 4.37 Å². The number of hydrogen-bond acceptors (Lipinski definition) is 8. The Morgan fingerprint density at radius 1 is 1.14 bits per heavy atom. The molecule has 1 aromatic heterocycles. The number of ether oxygens (including phenoxy) is 2. The maximum Gasteiger partial charge on any atom is 0.273 e. The number of nitrogens with zero attached hydrogens (tertiary/aromatic N) is 2. The average Bonchev–Trinajstić information content (AvgIpc) is 3.28. The largest absolute Gasteiger partial charge is 0.497 e. The van der Waals surface area contributed by atoms with Gasteiger partial charge in [-0.3, -0.25) is 19.3 Å². The average molecular weight is 517 g/mol. The summed E-state index contributed by atoms with van der Waals surface area (Å²) in [4.78, 5) is 40.8. The van der Waals surface area contributed by atoms with Crippen molar-refractivity contribution in [2.24, 2.45) is 0 Å². The highest BCUT2D eigenvalue weighted by Gasteiger charge is 2.30. The van der Waals surface area contributed by atoms with E-state index < -0.39 is 5.91 Å². The number of hydrogen-bond donors (Lipinski definition) is 2. The van der Waals surface area contributed by atoms with Crippen LogP contribution in [0.15, 0.2) is 18.2 Å². The molecular formula is C26H36N4O5S. The van der Waals surface area contributed by atoms with E-state index in [1.54, 1.807) is 18.2 Å².